The Balaban J connectivity index is 1.26. The Kier molecular flexibility index (Phi) is 8.14. The number of hydrogen-bond donors (Lipinski definition) is 3. The van der Waals surface area contributed by atoms with Crippen molar-refractivity contribution >= 4 is 19.4 Å². The van der Waals surface area contributed by atoms with E-state index in [9.17, 15) is 9.36 Å². The summed E-state index contributed by atoms with van der Waals surface area (Å²) < 4.78 is 27.7. The first kappa shape index (κ1) is 27.1. The third-order valence-corrected chi connectivity index (χ3v) is 6.96. The molecule has 0 radical (unpaired) electrons. The van der Waals surface area contributed by atoms with Crippen molar-refractivity contribution in [2.75, 3.05) is 13.2 Å². The van der Waals surface area contributed by atoms with Crippen LogP contribution < -0.4 is 5.32 Å². The number of nitrogens with one attached hydrogen (secondary N) is 1. The summed E-state index contributed by atoms with van der Waals surface area (Å²) in [4.78, 5) is 43.6. The summed E-state index contributed by atoms with van der Waals surface area (Å²) in [5.41, 5.74) is 1.66. The van der Waals surface area contributed by atoms with Gasteiger partial charge in [-0.05, 0) is 32.6 Å². The first-order valence-corrected chi connectivity index (χ1v) is 14.0. The van der Waals surface area contributed by atoms with Crippen molar-refractivity contribution in [2.24, 2.45) is 5.10 Å². The predicted molar refractivity (Wildman–Crippen MR) is 135 cm³/mol. The van der Waals surface area contributed by atoms with Crippen LogP contribution in [0.2, 0.25) is 0 Å². The molecule has 0 bridgehead atoms. The van der Waals surface area contributed by atoms with Gasteiger partial charge in [-0.1, -0.05) is 0 Å². The summed E-state index contributed by atoms with van der Waals surface area (Å²) in [7, 11) is -4.64. The second-order valence-corrected chi connectivity index (χ2v) is 10.4. The molecule has 15 nitrogen and oxygen atoms in total. The first-order chi connectivity index (χ1) is 18.8. The van der Waals surface area contributed by atoms with E-state index in [-0.39, 0.29) is 23.7 Å². The van der Waals surface area contributed by atoms with E-state index < -0.39 is 26.5 Å². The van der Waals surface area contributed by atoms with Crippen LogP contribution in [0.15, 0.2) is 46.8 Å². The zero-order valence-electron chi connectivity index (χ0n) is 21.2. The molecule has 1 atom stereocenters. The van der Waals surface area contributed by atoms with E-state index in [0.717, 1.165) is 30.4 Å². The summed E-state index contributed by atoms with van der Waals surface area (Å²) in [6.07, 6.45) is 12.9. The standard InChI is InChI=1S/C23H29N8O7P/c1-2-36-17-5-3-16(4-6-17)31-12-19(21(29-31)18-10-24-7-8-25-18)27-22(32)20-13-37-23(28-20)15-9-26-30(11-15)14-38-39(33,34)35/h7-11,13,16-17,19H,2-6,12,14H2,1H3,(H,27,32)(H2,33,34,35)/t16-,17-,19?. The fourth-order valence-electron chi connectivity index (χ4n) is 4.70. The van der Waals surface area contributed by atoms with Gasteiger partial charge < -0.3 is 24.3 Å². The average molecular weight is 561 g/mol. The summed E-state index contributed by atoms with van der Waals surface area (Å²) in [6, 6.07) is -0.202. The normalized spacial score (nSPS) is 21.7. The van der Waals surface area contributed by atoms with Crippen molar-refractivity contribution in [2.45, 2.75) is 57.5 Å². The summed E-state index contributed by atoms with van der Waals surface area (Å²) >= 11 is 0. The third kappa shape index (κ3) is 6.75. The number of phosphoric acid groups is 1. The number of hydrazone groups is 1. The number of ether oxygens (including phenoxy) is 1. The van der Waals surface area contributed by atoms with Crippen LogP contribution in [-0.4, -0.2) is 82.5 Å². The van der Waals surface area contributed by atoms with Gasteiger partial charge in [0, 0.05) is 31.2 Å². The molecule has 1 aliphatic heterocycles. The SMILES string of the molecule is CCO[C@H]1CC[C@H](N2CC(NC(=O)c3coc(-c4cnn(COP(=O)(O)O)c4)n3)C(c3cnccn3)=N2)CC1. The van der Waals surface area contributed by atoms with Crippen molar-refractivity contribution < 1.29 is 32.8 Å². The lowest BCUT2D eigenvalue weighted by Gasteiger charge is -2.33. The number of carbonyl (C=O) groups excluding carboxylic acids is 1. The zero-order valence-corrected chi connectivity index (χ0v) is 22.1. The Morgan fingerprint density at radius 3 is 2.77 bits per heavy atom. The summed E-state index contributed by atoms with van der Waals surface area (Å²) in [6.45, 7) is 2.74. The monoisotopic (exact) mass is 560 g/mol. The van der Waals surface area contributed by atoms with Gasteiger partial charge in [0.1, 0.15) is 17.7 Å². The topological polar surface area (TPSA) is 190 Å². The lowest BCUT2D eigenvalue weighted by Crippen LogP contribution is -2.45. The van der Waals surface area contributed by atoms with Crippen LogP contribution in [0.25, 0.3) is 11.5 Å². The van der Waals surface area contributed by atoms with Gasteiger partial charge in [0.2, 0.25) is 5.89 Å². The van der Waals surface area contributed by atoms with E-state index in [0.29, 0.717) is 30.1 Å². The highest BCUT2D eigenvalue weighted by Gasteiger charge is 2.36. The number of oxazole rings is 1. The number of hydrogen-bond acceptors (Lipinski definition) is 11. The fraction of sp³-hybridized carbons (Fsp3) is 0.478. The highest BCUT2D eigenvalue weighted by atomic mass is 31.2. The predicted octanol–water partition coefficient (Wildman–Crippen LogP) is 1.56. The molecule has 5 rings (SSSR count). The van der Waals surface area contributed by atoms with Crippen LogP contribution in [0.3, 0.4) is 0 Å². The molecule has 1 aliphatic carbocycles. The Labute approximate surface area is 223 Å². The molecule has 3 aromatic heterocycles. The molecule has 3 aromatic rings. The van der Waals surface area contributed by atoms with Gasteiger partial charge >= 0.3 is 7.82 Å². The highest BCUT2D eigenvalue weighted by Crippen LogP contribution is 2.36. The molecule has 16 heteroatoms. The van der Waals surface area contributed by atoms with Crippen molar-refractivity contribution in [3.8, 4) is 11.5 Å². The molecule has 0 spiro atoms. The molecule has 3 N–H and O–H groups in total. The van der Waals surface area contributed by atoms with Crippen LogP contribution in [0.5, 0.6) is 0 Å². The minimum absolute atomic E-state index is 0.0541. The molecule has 39 heavy (non-hydrogen) atoms. The number of aromatic nitrogens is 5. The van der Waals surface area contributed by atoms with Crippen LogP contribution in [0.1, 0.15) is 48.8 Å². The number of amides is 1. The smallest absolute Gasteiger partial charge is 0.444 e. The molecular formula is C23H29N8O7P. The van der Waals surface area contributed by atoms with Crippen molar-refractivity contribution in [3.05, 3.63) is 48.6 Å². The van der Waals surface area contributed by atoms with E-state index in [2.05, 4.69) is 29.9 Å². The molecular weight excluding hydrogens is 531 g/mol. The Morgan fingerprint density at radius 2 is 2.05 bits per heavy atom. The summed E-state index contributed by atoms with van der Waals surface area (Å²) in [5.74, 6) is -0.338. The molecule has 1 fully saturated rings. The van der Waals surface area contributed by atoms with Gasteiger partial charge in [-0.2, -0.15) is 10.2 Å². The van der Waals surface area contributed by atoms with Gasteiger partial charge in [-0.15, -0.1) is 0 Å². The van der Waals surface area contributed by atoms with Crippen LogP contribution in [0.4, 0.5) is 0 Å². The lowest BCUT2D eigenvalue weighted by atomic mass is 9.92. The lowest BCUT2D eigenvalue weighted by molar-refractivity contribution is 0.0150. The molecule has 0 saturated heterocycles. The van der Waals surface area contributed by atoms with Gasteiger partial charge in [0.25, 0.3) is 5.91 Å². The summed E-state index contributed by atoms with van der Waals surface area (Å²) in [5, 5.41) is 13.8. The van der Waals surface area contributed by atoms with Crippen molar-refractivity contribution in [3.63, 3.8) is 0 Å². The van der Waals surface area contributed by atoms with E-state index in [1.807, 2.05) is 11.9 Å². The molecule has 208 valence electrons. The first-order valence-electron chi connectivity index (χ1n) is 12.5. The number of rotatable bonds is 10. The van der Waals surface area contributed by atoms with E-state index in [4.69, 9.17) is 24.0 Å². The second kappa shape index (κ2) is 11.7. The van der Waals surface area contributed by atoms with Crippen LogP contribution >= 0.6 is 7.82 Å². The number of carbonyl (C=O) groups is 1. The van der Waals surface area contributed by atoms with Crippen LogP contribution in [-0.2, 0) is 20.6 Å². The van der Waals surface area contributed by atoms with Crippen molar-refractivity contribution in [1.82, 2.24) is 35.1 Å². The molecule has 0 aromatic carbocycles. The van der Waals surface area contributed by atoms with Gasteiger partial charge in [0.05, 0.1) is 36.6 Å². The molecule has 1 saturated carbocycles. The maximum absolute atomic E-state index is 13.2. The third-order valence-electron chi connectivity index (χ3n) is 6.51. The Morgan fingerprint density at radius 1 is 1.23 bits per heavy atom. The Hall–Kier alpha value is -3.49. The number of nitrogens with zero attached hydrogens (tertiary/aromatic N) is 7. The maximum Gasteiger partial charge on any atom is 0.471 e. The molecule has 2 aliphatic rings. The fourth-order valence-corrected chi connectivity index (χ4v) is 4.96. The van der Waals surface area contributed by atoms with Gasteiger partial charge in [-0.25, -0.2) is 14.2 Å². The Bertz CT molecular complexity index is 1350. The van der Waals surface area contributed by atoms with E-state index >= 15 is 0 Å². The van der Waals surface area contributed by atoms with Crippen LogP contribution in [0, 0.1) is 0 Å². The zero-order chi connectivity index (χ0) is 27.4. The number of phosphoric ester groups is 1. The highest BCUT2D eigenvalue weighted by molar-refractivity contribution is 7.46. The van der Waals surface area contributed by atoms with Crippen molar-refractivity contribution in [1.29, 1.82) is 0 Å². The van der Waals surface area contributed by atoms with E-state index in [1.165, 1.54) is 18.7 Å². The quantitative estimate of drug-likeness (QED) is 0.304. The molecule has 1 amide bonds. The van der Waals surface area contributed by atoms with Gasteiger partial charge in [0.15, 0.2) is 12.4 Å². The van der Waals surface area contributed by atoms with Gasteiger partial charge in [-0.3, -0.25) is 24.3 Å². The largest absolute Gasteiger partial charge is 0.471 e. The maximum atomic E-state index is 13.2. The second-order valence-electron chi connectivity index (χ2n) is 9.17. The molecule has 4 heterocycles. The minimum atomic E-state index is -4.64. The minimum Gasteiger partial charge on any atom is -0.444 e. The molecule has 1 unspecified atom stereocenters. The average Bonchev–Trinajstić information content (AvgIpc) is 3.68. The van der Waals surface area contributed by atoms with E-state index in [1.54, 1.807) is 18.6 Å².